The van der Waals surface area contributed by atoms with Gasteiger partial charge in [0.15, 0.2) is 5.41 Å². The van der Waals surface area contributed by atoms with E-state index in [-0.39, 0.29) is 5.02 Å². The van der Waals surface area contributed by atoms with E-state index in [1.807, 2.05) is 0 Å². The molecule has 0 radical (unpaired) electrons. The second-order valence-corrected chi connectivity index (χ2v) is 4.25. The molecule has 1 unspecified atom stereocenters. The average molecular weight is 254 g/mol. The van der Waals surface area contributed by atoms with Crippen LogP contribution in [0.5, 0.6) is 5.75 Å². The summed E-state index contributed by atoms with van der Waals surface area (Å²) in [5, 5.41) is 18.5. The smallest absolute Gasteiger partial charge is 0.328 e. The van der Waals surface area contributed by atoms with Crippen molar-refractivity contribution in [1.82, 2.24) is 0 Å². The Kier molecular flexibility index (Phi) is 3.64. The van der Waals surface area contributed by atoms with Gasteiger partial charge < -0.3 is 9.84 Å². The predicted molar refractivity (Wildman–Crippen MR) is 63.3 cm³/mol. The second-order valence-electron chi connectivity index (χ2n) is 3.84. The van der Waals surface area contributed by atoms with Gasteiger partial charge in [-0.25, -0.2) is 0 Å². The van der Waals surface area contributed by atoms with E-state index in [0.29, 0.717) is 16.9 Å². The summed E-state index contributed by atoms with van der Waals surface area (Å²) < 4.78 is 5.03. The molecule has 0 heterocycles. The number of carboxylic acids is 1. The van der Waals surface area contributed by atoms with Crippen molar-refractivity contribution in [3.05, 3.63) is 28.3 Å². The van der Waals surface area contributed by atoms with Gasteiger partial charge in [-0.1, -0.05) is 11.6 Å². The van der Waals surface area contributed by atoms with Crippen LogP contribution in [-0.4, -0.2) is 18.2 Å². The van der Waals surface area contributed by atoms with Crippen LogP contribution in [0.3, 0.4) is 0 Å². The first-order valence-electron chi connectivity index (χ1n) is 4.86. The number of aliphatic carboxylic acids is 1. The molecular weight excluding hydrogens is 242 g/mol. The lowest BCUT2D eigenvalue weighted by atomic mass is 9.81. The fourth-order valence-corrected chi connectivity index (χ4v) is 1.81. The molecule has 0 spiro atoms. The Bertz CT molecular complexity index is 507. The van der Waals surface area contributed by atoms with Crippen molar-refractivity contribution in [2.24, 2.45) is 0 Å². The molecule has 0 saturated carbocycles. The van der Waals surface area contributed by atoms with Gasteiger partial charge in [-0.2, -0.15) is 5.26 Å². The Morgan fingerprint density at radius 1 is 1.59 bits per heavy atom. The highest BCUT2D eigenvalue weighted by atomic mass is 35.5. The predicted octanol–water partition coefficient (Wildman–Crippen LogP) is 2.52. The Labute approximate surface area is 104 Å². The molecule has 0 aliphatic heterocycles. The number of ether oxygens (including phenoxy) is 1. The van der Waals surface area contributed by atoms with Crippen LogP contribution in [0, 0.1) is 18.3 Å². The summed E-state index contributed by atoms with van der Waals surface area (Å²) in [5.41, 5.74) is -0.587. The number of nitriles is 1. The maximum absolute atomic E-state index is 11.2. The number of halogens is 1. The maximum atomic E-state index is 11.2. The van der Waals surface area contributed by atoms with Gasteiger partial charge in [0, 0.05) is 0 Å². The number of hydrogen-bond donors (Lipinski definition) is 1. The summed E-state index contributed by atoms with van der Waals surface area (Å²) >= 11 is 5.94. The summed E-state index contributed by atoms with van der Waals surface area (Å²) in [6, 6.07) is 4.89. The van der Waals surface area contributed by atoms with Gasteiger partial charge in [-0.15, -0.1) is 0 Å². The lowest BCUT2D eigenvalue weighted by Crippen LogP contribution is -2.31. The molecule has 0 aromatic heterocycles. The van der Waals surface area contributed by atoms with Gasteiger partial charge in [0.1, 0.15) is 5.75 Å². The number of methoxy groups -OCH3 is 1. The molecule has 1 rings (SSSR count). The average Bonchev–Trinajstić information content (AvgIpc) is 2.30. The van der Waals surface area contributed by atoms with Crippen LogP contribution in [0.4, 0.5) is 0 Å². The standard InChI is InChI=1S/C12H12ClNO3/c1-7-4-10(17-3)9(13)5-8(7)12(2,6-14)11(15)16/h4-5H,1-3H3,(H,15,16). The lowest BCUT2D eigenvalue weighted by molar-refractivity contribution is -0.141. The van der Waals surface area contributed by atoms with Crippen LogP contribution in [0.1, 0.15) is 18.1 Å². The van der Waals surface area contributed by atoms with E-state index in [4.69, 9.17) is 26.7 Å². The van der Waals surface area contributed by atoms with Crippen molar-refractivity contribution < 1.29 is 14.6 Å². The van der Waals surface area contributed by atoms with E-state index >= 15 is 0 Å². The summed E-state index contributed by atoms with van der Waals surface area (Å²) in [6.45, 7) is 3.06. The zero-order chi connectivity index (χ0) is 13.2. The van der Waals surface area contributed by atoms with Crippen LogP contribution in [0.25, 0.3) is 0 Å². The van der Waals surface area contributed by atoms with Crippen molar-refractivity contribution >= 4 is 17.6 Å². The molecule has 4 nitrogen and oxygen atoms in total. The summed E-state index contributed by atoms with van der Waals surface area (Å²) in [6.07, 6.45) is 0. The first-order valence-corrected chi connectivity index (χ1v) is 5.24. The van der Waals surface area contributed by atoms with Gasteiger partial charge >= 0.3 is 5.97 Å². The van der Waals surface area contributed by atoms with E-state index in [1.54, 1.807) is 19.1 Å². The molecule has 0 bridgehead atoms. The zero-order valence-electron chi connectivity index (χ0n) is 9.74. The van der Waals surface area contributed by atoms with Crippen LogP contribution in [0.2, 0.25) is 5.02 Å². The highest BCUT2D eigenvalue weighted by Gasteiger charge is 2.37. The molecule has 90 valence electrons. The fraction of sp³-hybridized carbons (Fsp3) is 0.333. The van der Waals surface area contributed by atoms with Gasteiger partial charge in [0.25, 0.3) is 0 Å². The maximum Gasteiger partial charge on any atom is 0.328 e. The first-order chi connectivity index (χ1) is 7.86. The second kappa shape index (κ2) is 4.64. The minimum atomic E-state index is -1.61. The van der Waals surface area contributed by atoms with Crippen molar-refractivity contribution in [3.8, 4) is 11.8 Å². The highest BCUT2D eigenvalue weighted by molar-refractivity contribution is 6.32. The Balaban J connectivity index is 3.48. The van der Waals surface area contributed by atoms with Crippen molar-refractivity contribution in [2.75, 3.05) is 7.11 Å². The molecule has 0 aliphatic carbocycles. The monoisotopic (exact) mass is 253 g/mol. The molecule has 0 amide bonds. The van der Waals surface area contributed by atoms with Gasteiger partial charge in [-0.05, 0) is 37.1 Å². The van der Waals surface area contributed by atoms with E-state index in [0.717, 1.165) is 0 Å². The number of benzene rings is 1. The van der Waals surface area contributed by atoms with E-state index in [9.17, 15) is 4.79 Å². The van der Waals surface area contributed by atoms with Crippen molar-refractivity contribution in [2.45, 2.75) is 19.3 Å². The first kappa shape index (κ1) is 13.3. The Morgan fingerprint density at radius 2 is 2.18 bits per heavy atom. The molecule has 1 atom stereocenters. The van der Waals surface area contributed by atoms with Gasteiger partial charge in [0.2, 0.25) is 0 Å². The van der Waals surface area contributed by atoms with Crippen LogP contribution in [-0.2, 0) is 10.2 Å². The molecule has 5 heteroatoms. The van der Waals surface area contributed by atoms with Crippen LogP contribution < -0.4 is 4.74 Å². The number of nitrogens with zero attached hydrogens (tertiary/aromatic N) is 1. The van der Waals surface area contributed by atoms with Gasteiger partial charge in [-0.3, -0.25) is 4.79 Å². The number of carbonyl (C=O) groups is 1. The van der Waals surface area contributed by atoms with Crippen LogP contribution in [0.15, 0.2) is 12.1 Å². The van der Waals surface area contributed by atoms with Crippen molar-refractivity contribution in [3.63, 3.8) is 0 Å². The molecule has 1 N–H and O–H groups in total. The van der Waals surface area contributed by atoms with E-state index < -0.39 is 11.4 Å². The minimum Gasteiger partial charge on any atom is -0.495 e. The Hall–Kier alpha value is -1.73. The molecular formula is C12H12ClNO3. The molecule has 1 aromatic rings. The molecule has 0 saturated heterocycles. The third kappa shape index (κ3) is 2.20. The van der Waals surface area contributed by atoms with Gasteiger partial charge in [0.05, 0.1) is 18.2 Å². The third-order valence-corrected chi connectivity index (χ3v) is 2.98. The molecule has 1 aromatic carbocycles. The number of carboxylic acid groups (broad SMARTS) is 1. The molecule has 17 heavy (non-hydrogen) atoms. The lowest BCUT2D eigenvalue weighted by Gasteiger charge is -2.20. The normalized spacial score (nSPS) is 13.6. The SMILES string of the molecule is COc1cc(C)c(C(C)(C#N)C(=O)O)cc1Cl. The largest absolute Gasteiger partial charge is 0.495 e. The number of rotatable bonds is 3. The highest BCUT2D eigenvalue weighted by Crippen LogP contribution is 2.34. The topological polar surface area (TPSA) is 70.3 Å². The molecule has 0 fully saturated rings. The number of hydrogen-bond acceptors (Lipinski definition) is 3. The van der Waals surface area contributed by atoms with Crippen LogP contribution >= 0.6 is 11.6 Å². The molecule has 0 aliphatic rings. The minimum absolute atomic E-state index is 0.288. The third-order valence-electron chi connectivity index (χ3n) is 2.69. The Morgan fingerprint density at radius 3 is 2.59 bits per heavy atom. The van der Waals surface area contributed by atoms with Crippen molar-refractivity contribution in [1.29, 1.82) is 5.26 Å². The fourth-order valence-electron chi connectivity index (χ4n) is 1.57. The summed E-state index contributed by atoms with van der Waals surface area (Å²) in [7, 11) is 1.47. The quantitative estimate of drug-likeness (QED) is 0.899. The summed E-state index contributed by atoms with van der Waals surface area (Å²) in [4.78, 5) is 11.2. The summed E-state index contributed by atoms with van der Waals surface area (Å²) in [5.74, 6) is -0.747. The van der Waals surface area contributed by atoms with E-state index in [2.05, 4.69) is 0 Å². The number of aryl methyl sites for hydroxylation is 1. The van der Waals surface area contributed by atoms with E-state index in [1.165, 1.54) is 20.1 Å². The zero-order valence-corrected chi connectivity index (χ0v) is 10.5.